The Morgan fingerprint density at radius 1 is 1.16 bits per heavy atom. The van der Waals surface area contributed by atoms with Gasteiger partial charge in [-0.2, -0.15) is 0 Å². The Kier molecular flexibility index (Phi) is 6.62. The summed E-state index contributed by atoms with van der Waals surface area (Å²) in [6.45, 7) is 9.24. The third-order valence-electron chi connectivity index (χ3n) is 4.63. The fourth-order valence-corrected chi connectivity index (χ4v) is 3.54. The molecule has 1 N–H and O–H groups in total. The van der Waals surface area contributed by atoms with E-state index in [1.807, 2.05) is 0 Å². The molecule has 3 unspecified atom stereocenters. The first-order chi connectivity index (χ1) is 9.33. The van der Waals surface area contributed by atoms with Crippen LogP contribution < -0.4 is 5.32 Å². The summed E-state index contributed by atoms with van der Waals surface area (Å²) in [6, 6.07) is 1.46. The van der Waals surface area contributed by atoms with Gasteiger partial charge < -0.3 is 10.1 Å². The van der Waals surface area contributed by atoms with Crippen molar-refractivity contribution in [2.24, 2.45) is 0 Å². The standard InChI is InChI=1S/C16H32N2O/c1-3-6-14-13-18(15(7-4-2)12-17-14)10-9-16-8-5-11-19-16/h14-17H,3-13H2,1-2H3. The summed E-state index contributed by atoms with van der Waals surface area (Å²) in [4.78, 5) is 2.74. The molecule has 2 aliphatic heterocycles. The van der Waals surface area contributed by atoms with Crippen LogP contribution in [0.25, 0.3) is 0 Å². The number of hydrogen-bond acceptors (Lipinski definition) is 3. The van der Waals surface area contributed by atoms with Crippen LogP contribution in [0.15, 0.2) is 0 Å². The third kappa shape index (κ3) is 4.73. The molecule has 3 nitrogen and oxygen atoms in total. The van der Waals surface area contributed by atoms with E-state index in [0.29, 0.717) is 12.1 Å². The smallest absolute Gasteiger partial charge is 0.0588 e. The van der Waals surface area contributed by atoms with Crippen molar-refractivity contribution in [1.29, 1.82) is 0 Å². The van der Waals surface area contributed by atoms with Crippen LogP contribution in [0.4, 0.5) is 0 Å². The van der Waals surface area contributed by atoms with E-state index >= 15 is 0 Å². The third-order valence-corrected chi connectivity index (χ3v) is 4.63. The first-order valence-corrected chi connectivity index (χ1v) is 8.42. The molecule has 0 saturated carbocycles. The topological polar surface area (TPSA) is 24.5 Å². The van der Waals surface area contributed by atoms with E-state index in [9.17, 15) is 0 Å². The molecule has 3 atom stereocenters. The van der Waals surface area contributed by atoms with Gasteiger partial charge in [0.15, 0.2) is 0 Å². The highest BCUT2D eigenvalue weighted by Gasteiger charge is 2.27. The molecule has 2 saturated heterocycles. The number of ether oxygens (including phenoxy) is 1. The molecule has 2 rings (SSSR count). The van der Waals surface area contributed by atoms with Crippen molar-refractivity contribution in [3.63, 3.8) is 0 Å². The Balaban J connectivity index is 1.79. The summed E-state index contributed by atoms with van der Waals surface area (Å²) in [6.07, 6.45) is 9.55. The van der Waals surface area contributed by atoms with E-state index in [4.69, 9.17) is 4.74 Å². The number of hydrogen-bond donors (Lipinski definition) is 1. The number of piperazine rings is 1. The van der Waals surface area contributed by atoms with Gasteiger partial charge in [-0.25, -0.2) is 0 Å². The largest absolute Gasteiger partial charge is 0.378 e. The summed E-state index contributed by atoms with van der Waals surface area (Å²) in [5.41, 5.74) is 0. The van der Waals surface area contributed by atoms with Gasteiger partial charge in [0, 0.05) is 38.3 Å². The zero-order chi connectivity index (χ0) is 13.5. The number of nitrogens with zero attached hydrogens (tertiary/aromatic N) is 1. The van der Waals surface area contributed by atoms with E-state index in [1.54, 1.807) is 0 Å². The average Bonchev–Trinajstić information content (AvgIpc) is 2.92. The van der Waals surface area contributed by atoms with Crippen molar-refractivity contribution in [2.75, 3.05) is 26.2 Å². The maximum atomic E-state index is 5.77. The van der Waals surface area contributed by atoms with Gasteiger partial charge in [0.1, 0.15) is 0 Å². The average molecular weight is 268 g/mol. The van der Waals surface area contributed by atoms with Crippen molar-refractivity contribution in [3.8, 4) is 0 Å². The van der Waals surface area contributed by atoms with Crippen LogP contribution in [0.1, 0.15) is 58.8 Å². The van der Waals surface area contributed by atoms with E-state index in [1.165, 1.54) is 64.6 Å². The van der Waals surface area contributed by atoms with Crippen LogP contribution in [-0.4, -0.2) is 49.3 Å². The Hall–Kier alpha value is -0.120. The van der Waals surface area contributed by atoms with Crippen molar-refractivity contribution < 1.29 is 4.74 Å². The van der Waals surface area contributed by atoms with Crippen molar-refractivity contribution >= 4 is 0 Å². The summed E-state index contributed by atoms with van der Waals surface area (Å²) in [5.74, 6) is 0. The fraction of sp³-hybridized carbons (Fsp3) is 1.00. The van der Waals surface area contributed by atoms with Crippen molar-refractivity contribution in [3.05, 3.63) is 0 Å². The van der Waals surface area contributed by atoms with Crippen LogP contribution in [-0.2, 0) is 4.74 Å². The molecule has 0 spiro atoms. The van der Waals surface area contributed by atoms with Crippen LogP contribution >= 0.6 is 0 Å². The summed E-state index contributed by atoms with van der Waals surface area (Å²) >= 11 is 0. The van der Waals surface area contributed by atoms with Gasteiger partial charge in [0.05, 0.1) is 6.10 Å². The molecule has 0 bridgehead atoms. The zero-order valence-electron chi connectivity index (χ0n) is 12.9. The molecule has 0 amide bonds. The lowest BCUT2D eigenvalue weighted by Gasteiger charge is -2.41. The van der Waals surface area contributed by atoms with E-state index in [-0.39, 0.29) is 0 Å². The lowest BCUT2D eigenvalue weighted by atomic mass is 10.0. The minimum absolute atomic E-state index is 0.543. The summed E-state index contributed by atoms with van der Waals surface area (Å²) < 4.78 is 5.77. The van der Waals surface area contributed by atoms with Gasteiger partial charge in [-0.3, -0.25) is 4.90 Å². The Morgan fingerprint density at radius 3 is 2.68 bits per heavy atom. The van der Waals surface area contributed by atoms with Crippen LogP contribution in [0.3, 0.4) is 0 Å². The number of rotatable bonds is 7. The molecule has 2 heterocycles. The SMILES string of the molecule is CCCC1CN(CCC2CCCO2)C(CCC)CN1. The molecule has 0 aliphatic carbocycles. The fourth-order valence-electron chi connectivity index (χ4n) is 3.54. The second kappa shape index (κ2) is 8.23. The van der Waals surface area contributed by atoms with E-state index in [0.717, 1.165) is 12.6 Å². The monoisotopic (exact) mass is 268 g/mol. The van der Waals surface area contributed by atoms with Gasteiger partial charge >= 0.3 is 0 Å². The molecule has 2 fully saturated rings. The van der Waals surface area contributed by atoms with Gasteiger partial charge in [-0.15, -0.1) is 0 Å². The van der Waals surface area contributed by atoms with Gasteiger partial charge in [0.25, 0.3) is 0 Å². The number of nitrogens with one attached hydrogen (secondary N) is 1. The molecule has 0 aromatic carbocycles. The Labute approximate surface area is 119 Å². The van der Waals surface area contributed by atoms with Crippen molar-refractivity contribution in [1.82, 2.24) is 10.2 Å². The summed E-state index contributed by atoms with van der Waals surface area (Å²) in [7, 11) is 0. The van der Waals surface area contributed by atoms with Crippen LogP contribution in [0, 0.1) is 0 Å². The predicted molar refractivity (Wildman–Crippen MR) is 80.6 cm³/mol. The lowest BCUT2D eigenvalue weighted by Crippen LogP contribution is -2.56. The Morgan fingerprint density at radius 2 is 2.00 bits per heavy atom. The molecule has 112 valence electrons. The normalized spacial score (nSPS) is 32.8. The first-order valence-electron chi connectivity index (χ1n) is 8.42. The summed E-state index contributed by atoms with van der Waals surface area (Å²) in [5, 5.41) is 3.74. The highest BCUT2D eigenvalue weighted by molar-refractivity contribution is 4.86. The van der Waals surface area contributed by atoms with Gasteiger partial charge in [-0.05, 0) is 32.1 Å². The molecule has 0 aromatic heterocycles. The molecule has 19 heavy (non-hydrogen) atoms. The maximum absolute atomic E-state index is 5.77. The van der Waals surface area contributed by atoms with E-state index < -0.39 is 0 Å². The quantitative estimate of drug-likeness (QED) is 0.768. The Bertz CT molecular complexity index is 241. The first kappa shape index (κ1) is 15.3. The molecule has 2 aliphatic rings. The van der Waals surface area contributed by atoms with Gasteiger partial charge in [-0.1, -0.05) is 26.7 Å². The molecule has 0 aromatic rings. The molecule has 3 heteroatoms. The molecular formula is C16H32N2O. The zero-order valence-corrected chi connectivity index (χ0v) is 12.9. The predicted octanol–water partition coefficient (Wildman–Crippen LogP) is 2.80. The minimum atomic E-state index is 0.543. The lowest BCUT2D eigenvalue weighted by molar-refractivity contribution is 0.0676. The molecule has 0 radical (unpaired) electrons. The van der Waals surface area contributed by atoms with Gasteiger partial charge in [0.2, 0.25) is 0 Å². The van der Waals surface area contributed by atoms with Crippen LogP contribution in [0.5, 0.6) is 0 Å². The second-order valence-electron chi connectivity index (χ2n) is 6.25. The minimum Gasteiger partial charge on any atom is -0.378 e. The highest BCUT2D eigenvalue weighted by Crippen LogP contribution is 2.19. The molecular weight excluding hydrogens is 236 g/mol. The second-order valence-corrected chi connectivity index (χ2v) is 6.25. The maximum Gasteiger partial charge on any atom is 0.0588 e. The van der Waals surface area contributed by atoms with Crippen LogP contribution in [0.2, 0.25) is 0 Å². The van der Waals surface area contributed by atoms with Crippen molar-refractivity contribution in [2.45, 2.75) is 77.0 Å². The highest BCUT2D eigenvalue weighted by atomic mass is 16.5. The van der Waals surface area contributed by atoms with E-state index in [2.05, 4.69) is 24.1 Å².